The van der Waals surface area contributed by atoms with Crippen molar-refractivity contribution in [1.82, 2.24) is 10.2 Å². The third-order valence-corrected chi connectivity index (χ3v) is 5.04. The van der Waals surface area contributed by atoms with Gasteiger partial charge in [-0.1, -0.05) is 25.1 Å². The van der Waals surface area contributed by atoms with E-state index in [1.165, 1.54) is 63.1 Å². The standard InChI is InChI=1S/C18H29N3/c1-2-20-13-7-9-17(20)15-19-14-16-8-3-4-10-18(16)21-11-5-6-12-21/h3-4,8,10,17,19H,2,5-7,9,11-15H2,1H3. The van der Waals surface area contributed by atoms with Gasteiger partial charge in [0.05, 0.1) is 0 Å². The SMILES string of the molecule is CCN1CCCC1CNCc1ccccc1N1CCCC1. The molecular formula is C18H29N3. The Kier molecular flexibility index (Phi) is 5.15. The lowest BCUT2D eigenvalue weighted by Gasteiger charge is -2.24. The fourth-order valence-electron chi connectivity index (χ4n) is 3.84. The van der Waals surface area contributed by atoms with Crippen LogP contribution in [0.2, 0.25) is 0 Å². The molecule has 1 unspecified atom stereocenters. The number of likely N-dealkylation sites (N-methyl/N-ethyl adjacent to an activating group) is 1. The smallest absolute Gasteiger partial charge is 0.0411 e. The van der Waals surface area contributed by atoms with E-state index in [4.69, 9.17) is 0 Å². The first kappa shape index (κ1) is 14.9. The van der Waals surface area contributed by atoms with Gasteiger partial charge in [0.25, 0.3) is 0 Å². The Morgan fingerprint density at radius 3 is 2.71 bits per heavy atom. The highest BCUT2D eigenvalue weighted by Gasteiger charge is 2.22. The average molecular weight is 287 g/mol. The van der Waals surface area contributed by atoms with Crippen LogP contribution in [0, 0.1) is 0 Å². The predicted molar refractivity (Wildman–Crippen MR) is 89.9 cm³/mol. The maximum absolute atomic E-state index is 3.70. The summed E-state index contributed by atoms with van der Waals surface area (Å²) in [4.78, 5) is 5.16. The molecule has 0 aromatic heterocycles. The first-order chi connectivity index (χ1) is 10.4. The van der Waals surface area contributed by atoms with E-state index in [0.717, 1.165) is 19.1 Å². The highest BCUT2D eigenvalue weighted by Crippen LogP contribution is 2.24. The Bertz CT molecular complexity index is 440. The molecule has 0 spiro atoms. The van der Waals surface area contributed by atoms with Crippen molar-refractivity contribution in [3.8, 4) is 0 Å². The van der Waals surface area contributed by atoms with Crippen LogP contribution >= 0.6 is 0 Å². The van der Waals surface area contributed by atoms with E-state index in [9.17, 15) is 0 Å². The van der Waals surface area contributed by atoms with Crippen molar-refractivity contribution in [2.45, 2.75) is 45.2 Å². The number of rotatable bonds is 6. The second kappa shape index (κ2) is 7.28. The molecule has 3 heteroatoms. The molecule has 2 heterocycles. The van der Waals surface area contributed by atoms with Gasteiger partial charge in [-0.15, -0.1) is 0 Å². The molecule has 2 aliphatic heterocycles. The van der Waals surface area contributed by atoms with Gasteiger partial charge in [-0.2, -0.15) is 0 Å². The number of likely N-dealkylation sites (tertiary alicyclic amines) is 1. The minimum Gasteiger partial charge on any atom is -0.371 e. The van der Waals surface area contributed by atoms with Gasteiger partial charge in [0.15, 0.2) is 0 Å². The lowest BCUT2D eigenvalue weighted by molar-refractivity contribution is 0.260. The molecule has 0 saturated carbocycles. The Morgan fingerprint density at radius 2 is 1.90 bits per heavy atom. The molecule has 0 radical (unpaired) electrons. The van der Waals surface area contributed by atoms with Crippen LogP contribution in [0.25, 0.3) is 0 Å². The Morgan fingerprint density at radius 1 is 1.10 bits per heavy atom. The molecule has 1 aromatic rings. The normalized spacial score (nSPS) is 23.1. The summed E-state index contributed by atoms with van der Waals surface area (Å²) in [5.41, 5.74) is 2.90. The molecule has 2 fully saturated rings. The van der Waals surface area contributed by atoms with E-state index >= 15 is 0 Å². The molecule has 0 aliphatic carbocycles. The van der Waals surface area contributed by atoms with Crippen LogP contribution in [0.3, 0.4) is 0 Å². The van der Waals surface area contributed by atoms with Gasteiger partial charge in [-0.3, -0.25) is 4.90 Å². The predicted octanol–water partition coefficient (Wildman–Crippen LogP) is 2.86. The Hall–Kier alpha value is -1.06. The highest BCUT2D eigenvalue weighted by molar-refractivity contribution is 5.54. The van der Waals surface area contributed by atoms with E-state index < -0.39 is 0 Å². The maximum Gasteiger partial charge on any atom is 0.0411 e. The van der Waals surface area contributed by atoms with Crippen molar-refractivity contribution in [2.75, 3.05) is 37.6 Å². The molecule has 1 aromatic carbocycles. The van der Waals surface area contributed by atoms with E-state index in [1.807, 2.05) is 0 Å². The quantitative estimate of drug-likeness (QED) is 0.868. The van der Waals surface area contributed by atoms with Crippen LogP contribution in [0.1, 0.15) is 38.2 Å². The molecule has 2 saturated heterocycles. The van der Waals surface area contributed by atoms with Crippen molar-refractivity contribution >= 4 is 5.69 Å². The molecule has 21 heavy (non-hydrogen) atoms. The fraction of sp³-hybridized carbons (Fsp3) is 0.667. The van der Waals surface area contributed by atoms with Crippen LogP contribution in [-0.2, 0) is 6.54 Å². The average Bonchev–Trinajstić information content (AvgIpc) is 3.19. The summed E-state index contributed by atoms with van der Waals surface area (Å²) in [6.07, 6.45) is 5.41. The zero-order chi connectivity index (χ0) is 14.5. The lowest BCUT2D eigenvalue weighted by atomic mass is 10.1. The molecule has 116 valence electrons. The van der Waals surface area contributed by atoms with Crippen LogP contribution in [0.4, 0.5) is 5.69 Å². The number of hydrogen-bond donors (Lipinski definition) is 1. The summed E-state index contributed by atoms with van der Waals surface area (Å²) in [5.74, 6) is 0. The topological polar surface area (TPSA) is 18.5 Å². The molecule has 1 N–H and O–H groups in total. The zero-order valence-electron chi connectivity index (χ0n) is 13.4. The first-order valence-corrected chi connectivity index (χ1v) is 8.66. The van der Waals surface area contributed by atoms with E-state index in [1.54, 1.807) is 0 Å². The van der Waals surface area contributed by atoms with Crippen molar-refractivity contribution < 1.29 is 0 Å². The molecule has 2 aliphatic rings. The van der Waals surface area contributed by atoms with Crippen molar-refractivity contribution in [3.63, 3.8) is 0 Å². The molecule has 3 rings (SSSR count). The summed E-state index contributed by atoms with van der Waals surface area (Å²) >= 11 is 0. The van der Waals surface area contributed by atoms with Crippen LogP contribution in [-0.4, -0.2) is 43.7 Å². The monoisotopic (exact) mass is 287 g/mol. The van der Waals surface area contributed by atoms with E-state index in [2.05, 4.69) is 46.3 Å². The maximum atomic E-state index is 3.70. The second-order valence-electron chi connectivity index (χ2n) is 6.38. The number of nitrogens with zero attached hydrogens (tertiary/aromatic N) is 2. The zero-order valence-corrected chi connectivity index (χ0v) is 13.4. The second-order valence-corrected chi connectivity index (χ2v) is 6.38. The summed E-state index contributed by atoms with van der Waals surface area (Å²) in [7, 11) is 0. The largest absolute Gasteiger partial charge is 0.371 e. The van der Waals surface area contributed by atoms with Gasteiger partial charge in [0.2, 0.25) is 0 Å². The minimum atomic E-state index is 0.744. The summed E-state index contributed by atoms with van der Waals surface area (Å²) in [6.45, 7) is 9.33. The van der Waals surface area contributed by atoms with E-state index in [0.29, 0.717) is 0 Å². The van der Waals surface area contributed by atoms with Crippen molar-refractivity contribution in [3.05, 3.63) is 29.8 Å². The number of para-hydroxylation sites is 1. The van der Waals surface area contributed by atoms with Crippen molar-refractivity contribution in [1.29, 1.82) is 0 Å². The summed E-state index contributed by atoms with van der Waals surface area (Å²) < 4.78 is 0. The van der Waals surface area contributed by atoms with Gasteiger partial charge < -0.3 is 10.2 Å². The molecule has 3 nitrogen and oxygen atoms in total. The van der Waals surface area contributed by atoms with Gasteiger partial charge in [-0.25, -0.2) is 0 Å². The third-order valence-electron chi connectivity index (χ3n) is 5.04. The fourth-order valence-corrected chi connectivity index (χ4v) is 3.84. The first-order valence-electron chi connectivity index (χ1n) is 8.66. The number of hydrogen-bond acceptors (Lipinski definition) is 3. The molecule has 1 atom stereocenters. The van der Waals surface area contributed by atoms with Crippen LogP contribution in [0.5, 0.6) is 0 Å². The van der Waals surface area contributed by atoms with Crippen LogP contribution < -0.4 is 10.2 Å². The van der Waals surface area contributed by atoms with Crippen LogP contribution in [0.15, 0.2) is 24.3 Å². The minimum absolute atomic E-state index is 0.744. The summed E-state index contributed by atoms with van der Waals surface area (Å²) in [5, 5.41) is 3.70. The van der Waals surface area contributed by atoms with E-state index in [-0.39, 0.29) is 0 Å². The molecule has 0 bridgehead atoms. The van der Waals surface area contributed by atoms with Gasteiger partial charge in [0.1, 0.15) is 0 Å². The highest BCUT2D eigenvalue weighted by atomic mass is 15.2. The third kappa shape index (κ3) is 3.58. The molecular weight excluding hydrogens is 258 g/mol. The Balaban J connectivity index is 1.55. The Labute approximate surface area is 129 Å². The van der Waals surface area contributed by atoms with Gasteiger partial charge >= 0.3 is 0 Å². The van der Waals surface area contributed by atoms with Gasteiger partial charge in [-0.05, 0) is 50.4 Å². The number of anilines is 1. The summed E-state index contributed by atoms with van der Waals surface area (Å²) in [6, 6.07) is 9.66. The molecule has 0 amide bonds. The van der Waals surface area contributed by atoms with Gasteiger partial charge in [0, 0.05) is 37.9 Å². The number of benzene rings is 1. The van der Waals surface area contributed by atoms with Crippen molar-refractivity contribution in [2.24, 2.45) is 0 Å². The number of nitrogens with one attached hydrogen (secondary N) is 1. The lowest BCUT2D eigenvalue weighted by Crippen LogP contribution is -2.37.